The highest BCUT2D eigenvalue weighted by atomic mass is 16.2. The van der Waals surface area contributed by atoms with Gasteiger partial charge in [0, 0.05) is 12.2 Å². The van der Waals surface area contributed by atoms with E-state index in [1.165, 1.54) is 0 Å². The highest BCUT2D eigenvalue weighted by Gasteiger charge is 2.22. The van der Waals surface area contributed by atoms with Crippen molar-refractivity contribution in [3.05, 3.63) is 18.0 Å². The Labute approximate surface area is 113 Å². The van der Waals surface area contributed by atoms with E-state index in [2.05, 4.69) is 10.4 Å². The van der Waals surface area contributed by atoms with E-state index in [-0.39, 0.29) is 17.9 Å². The van der Waals surface area contributed by atoms with E-state index in [0.29, 0.717) is 12.1 Å². The lowest BCUT2D eigenvalue weighted by Crippen LogP contribution is -2.45. The zero-order valence-electron chi connectivity index (χ0n) is 11.9. The van der Waals surface area contributed by atoms with Crippen molar-refractivity contribution >= 4 is 11.8 Å². The summed E-state index contributed by atoms with van der Waals surface area (Å²) in [6.07, 6.45) is 2.09. The highest BCUT2D eigenvalue weighted by Crippen LogP contribution is 2.10. The van der Waals surface area contributed by atoms with Gasteiger partial charge in [0.1, 0.15) is 11.7 Å². The Bertz CT molecular complexity index is 451. The molecule has 0 spiro atoms. The molecule has 0 bridgehead atoms. The van der Waals surface area contributed by atoms with Gasteiger partial charge < -0.3 is 11.1 Å². The fourth-order valence-electron chi connectivity index (χ4n) is 1.86. The van der Waals surface area contributed by atoms with Crippen LogP contribution in [0.5, 0.6) is 0 Å². The average molecular weight is 266 g/mol. The molecule has 0 aliphatic heterocycles. The number of amides is 2. The Balaban J connectivity index is 2.82. The molecule has 1 rings (SSSR count). The number of rotatable bonds is 6. The van der Waals surface area contributed by atoms with Crippen LogP contribution in [-0.2, 0) is 4.79 Å². The van der Waals surface area contributed by atoms with Crippen molar-refractivity contribution in [1.82, 2.24) is 15.1 Å². The number of carbonyl (C=O) groups excluding carboxylic acids is 2. The van der Waals surface area contributed by atoms with Crippen LogP contribution in [0.25, 0.3) is 0 Å². The summed E-state index contributed by atoms with van der Waals surface area (Å²) in [6.45, 7) is 7.81. The summed E-state index contributed by atoms with van der Waals surface area (Å²) < 4.78 is 1.61. The lowest BCUT2D eigenvalue weighted by Gasteiger charge is -2.18. The molecule has 0 aromatic carbocycles. The van der Waals surface area contributed by atoms with Crippen molar-refractivity contribution in [1.29, 1.82) is 0 Å². The number of hydrogen-bond acceptors (Lipinski definition) is 3. The van der Waals surface area contributed by atoms with Crippen LogP contribution in [0.4, 0.5) is 0 Å². The van der Waals surface area contributed by atoms with Crippen LogP contribution in [0, 0.1) is 5.92 Å². The monoisotopic (exact) mass is 266 g/mol. The van der Waals surface area contributed by atoms with Crippen LogP contribution in [-0.4, -0.2) is 27.6 Å². The maximum atomic E-state index is 12.1. The van der Waals surface area contributed by atoms with Crippen LogP contribution in [0.1, 0.15) is 50.6 Å². The maximum absolute atomic E-state index is 12.1. The van der Waals surface area contributed by atoms with Crippen molar-refractivity contribution in [2.24, 2.45) is 11.7 Å². The highest BCUT2D eigenvalue weighted by molar-refractivity contribution is 5.96. The van der Waals surface area contributed by atoms with E-state index in [9.17, 15) is 9.59 Å². The summed E-state index contributed by atoms with van der Waals surface area (Å²) in [5, 5.41) is 6.76. The molecule has 1 heterocycles. The third-order valence-corrected chi connectivity index (χ3v) is 2.75. The molecule has 0 aliphatic rings. The van der Waals surface area contributed by atoms with E-state index >= 15 is 0 Å². The largest absolute Gasteiger partial charge is 0.368 e. The van der Waals surface area contributed by atoms with Crippen molar-refractivity contribution in [3.8, 4) is 0 Å². The molecule has 0 saturated heterocycles. The molecule has 3 N–H and O–H groups in total. The normalized spacial score (nSPS) is 12.7. The van der Waals surface area contributed by atoms with Gasteiger partial charge in [0.05, 0.1) is 0 Å². The first kappa shape index (κ1) is 15.2. The third-order valence-electron chi connectivity index (χ3n) is 2.75. The minimum Gasteiger partial charge on any atom is -0.368 e. The van der Waals surface area contributed by atoms with Crippen LogP contribution in [0.15, 0.2) is 12.3 Å². The van der Waals surface area contributed by atoms with Gasteiger partial charge in [0.15, 0.2) is 0 Å². The molecule has 0 saturated carbocycles. The van der Waals surface area contributed by atoms with E-state index < -0.39 is 11.9 Å². The smallest absolute Gasteiger partial charge is 0.270 e. The van der Waals surface area contributed by atoms with Gasteiger partial charge >= 0.3 is 0 Å². The molecule has 0 aliphatic carbocycles. The molecule has 6 heteroatoms. The van der Waals surface area contributed by atoms with E-state index in [1.807, 2.05) is 27.7 Å². The van der Waals surface area contributed by atoms with Gasteiger partial charge in [0.2, 0.25) is 5.91 Å². The van der Waals surface area contributed by atoms with Gasteiger partial charge in [-0.05, 0) is 32.3 Å². The van der Waals surface area contributed by atoms with Gasteiger partial charge in [-0.25, -0.2) is 0 Å². The Morgan fingerprint density at radius 2 is 2.00 bits per heavy atom. The molecule has 2 amide bonds. The zero-order chi connectivity index (χ0) is 14.6. The minimum atomic E-state index is -0.650. The summed E-state index contributed by atoms with van der Waals surface area (Å²) in [6, 6.07) is 1.05. The first-order valence-corrected chi connectivity index (χ1v) is 6.46. The summed E-state index contributed by atoms with van der Waals surface area (Å²) in [7, 11) is 0. The topological polar surface area (TPSA) is 90.0 Å². The van der Waals surface area contributed by atoms with Crippen LogP contribution in [0.3, 0.4) is 0 Å². The fraction of sp³-hybridized carbons (Fsp3) is 0.615. The SMILES string of the molecule is CC(C)C[C@@H](NC(=O)c1ccnn1C(C)C)C(N)=O. The molecule has 1 aromatic rings. The summed E-state index contributed by atoms with van der Waals surface area (Å²) in [4.78, 5) is 23.5. The molecule has 19 heavy (non-hydrogen) atoms. The minimum absolute atomic E-state index is 0.0767. The Morgan fingerprint density at radius 3 is 2.47 bits per heavy atom. The van der Waals surface area contributed by atoms with Crippen molar-refractivity contribution < 1.29 is 9.59 Å². The van der Waals surface area contributed by atoms with Gasteiger partial charge in [0.25, 0.3) is 5.91 Å². The van der Waals surface area contributed by atoms with Gasteiger partial charge in [-0.3, -0.25) is 14.3 Å². The fourth-order valence-corrected chi connectivity index (χ4v) is 1.86. The molecule has 0 radical (unpaired) electrons. The van der Waals surface area contributed by atoms with Crippen LogP contribution >= 0.6 is 0 Å². The molecule has 1 atom stereocenters. The number of aromatic nitrogens is 2. The van der Waals surface area contributed by atoms with E-state index in [4.69, 9.17) is 5.73 Å². The average Bonchev–Trinajstić information content (AvgIpc) is 2.76. The molecule has 1 aromatic heterocycles. The van der Waals surface area contributed by atoms with Crippen molar-refractivity contribution in [3.63, 3.8) is 0 Å². The zero-order valence-corrected chi connectivity index (χ0v) is 11.9. The molecule has 106 valence electrons. The van der Waals surface area contributed by atoms with Crippen molar-refractivity contribution in [2.45, 2.75) is 46.2 Å². The van der Waals surface area contributed by atoms with Crippen LogP contribution < -0.4 is 11.1 Å². The molecule has 6 nitrogen and oxygen atoms in total. The molecule has 0 unspecified atom stereocenters. The molecular formula is C13H22N4O2. The maximum Gasteiger partial charge on any atom is 0.270 e. The number of hydrogen-bond donors (Lipinski definition) is 2. The van der Waals surface area contributed by atoms with Crippen molar-refractivity contribution in [2.75, 3.05) is 0 Å². The first-order valence-electron chi connectivity index (χ1n) is 6.46. The predicted molar refractivity (Wildman–Crippen MR) is 72.5 cm³/mol. The van der Waals surface area contributed by atoms with E-state index in [0.717, 1.165) is 0 Å². The number of carbonyl (C=O) groups is 2. The number of nitrogens with zero attached hydrogens (tertiary/aromatic N) is 2. The van der Waals surface area contributed by atoms with Gasteiger partial charge in [-0.1, -0.05) is 13.8 Å². The lowest BCUT2D eigenvalue weighted by molar-refractivity contribution is -0.120. The van der Waals surface area contributed by atoms with Gasteiger partial charge in [-0.2, -0.15) is 5.10 Å². The lowest BCUT2D eigenvalue weighted by atomic mass is 10.0. The second-order valence-electron chi connectivity index (χ2n) is 5.31. The predicted octanol–water partition coefficient (Wildman–Crippen LogP) is 1.09. The number of nitrogens with two attached hydrogens (primary N) is 1. The second kappa shape index (κ2) is 6.36. The number of nitrogens with one attached hydrogen (secondary N) is 1. The standard InChI is InChI=1S/C13H22N4O2/c1-8(2)7-10(12(14)18)16-13(19)11-5-6-15-17(11)9(3)4/h5-6,8-10H,7H2,1-4H3,(H2,14,18)(H,16,19)/t10-/m1/s1. The summed E-state index contributed by atoms with van der Waals surface area (Å²) in [5.41, 5.74) is 5.74. The summed E-state index contributed by atoms with van der Waals surface area (Å²) >= 11 is 0. The number of primary amides is 1. The van der Waals surface area contributed by atoms with Gasteiger partial charge in [-0.15, -0.1) is 0 Å². The Hall–Kier alpha value is -1.85. The molecule has 0 fully saturated rings. The first-order chi connectivity index (χ1) is 8.82. The third kappa shape index (κ3) is 4.08. The quantitative estimate of drug-likeness (QED) is 0.807. The van der Waals surface area contributed by atoms with Crippen LogP contribution in [0.2, 0.25) is 0 Å². The van der Waals surface area contributed by atoms with E-state index in [1.54, 1.807) is 16.9 Å². The molecular weight excluding hydrogens is 244 g/mol. The Morgan fingerprint density at radius 1 is 1.37 bits per heavy atom. The Kier molecular flexibility index (Phi) is 5.09. The second-order valence-corrected chi connectivity index (χ2v) is 5.31. The summed E-state index contributed by atoms with van der Waals surface area (Å²) in [5.74, 6) is -0.568.